The van der Waals surface area contributed by atoms with Gasteiger partial charge in [-0.25, -0.2) is 8.42 Å². The van der Waals surface area contributed by atoms with E-state index in [2.05, 4.69) is 11.8 Å². The van der Waals surface area contributed by atoms with Gasteiger partial charge < -0.3 is 10.2 Å². The third-order valence-electron chi connectivity index (χ3n) is 2.99. The zero-order chi connectivity index (χ0) is 14.8. The van der Waals surface area contributed by atoms with Gasteiger partial charge in [0.25, 0.3) is 0 Å². The highest BCUT2D eigenvalue weighted by Gasteiger charge is 2.32. The summed E-state index contributed by atoms with van der Waals surface area (Å²) in [5, 5.41) is 18.1. The number of benzene rings is 1. The predicted octanol–water partition coefficient (Wildman–Crippen LogP) is 0.439. The molecule has 2 rings (SSSR count). The molecule has 0 aromatic heterocycles. The number of aliphatic hydroxyl groups is 2. The molecule has 1 aliphatic heterocycles. The molecule has 2 N–H and O–H groups in total. The molecule has 0 aliphatic carbocycles. The Morgan fingerprint density at radius 2 is 2.20 bits per heavy atom. The summed E-state index contributed by atoms with van der Waals surface area (Å²) in [4.78, 5) is 0.00261. The van der Waals surface area contributed by atoms with Crippen molar-refractivity contribution in [2.75, 3.05) is 19.7 Å². The zero-order valence-corrected chi connectivity index (χ0v) is 12.2. The van der Waals surface area contributed by atoms with Crippen molar-refractivity contribution in [2.45, 2.75) is 17.4 Å². The maximum atomic E-state index is 12.4. The molecule has 0 radical (unpaired) electrons. The topological polar surface area (TPSA) is 77.8 Å². The van der Waals surface area contributed by atoms with E-state index in [1.165, 1.54) is 22.5 Å². The smallest absolute Gasteiger partial charge is 0.244 e. The van der Waals surface area contributed by atoms with Crippen molar-refractivity contribution in [3.8, 4) is 11.8 Å². The Morgan fingerprint density at radius 1 is 1.45 bits per heavy atom. The van der Waals surface area contributed by atoms with E-state index in [1.54, 1.807) is 0 Å². The first-order valence-electron chi connectivity index (χ1n) is 6.02. The molecule has 0 amide bonds. The lowest BCUT2D eigenvalue weighted by Crippen LogP contribution is -2.29. The number of halogens is 1. The first-order chi connectivity index (χ1) is 9.45. The van der Waals surface area contributed by atoms with E-state index in [4.69, 9.17) is 16.7 Å². The van der Waals surface area contributed by atoms with E-state index in [0.29, 0.717) is 12.0 Å². The summed E-state index contributed by atoms with van der Waals surface area (Å²) in [7, 11) is -3.70. The van der Waals surface area contributed by atoms with E-state index in [-0.39, 0.29) is 29.6 Å². The Kier molecular flexibility index (Phi) is 4.68. The Morgan fingerprint density at radius 3 is 2.75 bits per heavy atom. The van der Waals surface area contributed by atoms with Crippen LogP contribution in [0, 0.1) is 11.8 Å². The van der Waals surface area contributed by atoms with Crippen LogP contribution in [0.2, 0.25) is 5.02 Å². The minimum absolute atomic E-state index is 0.00261. The molecule has 1 saturated heterocycles. The molecule has 0 spiro atoms. The number of sulfonamides is 1. The predicted molar refractivity (Wildman–Crippen MR) is 74.8 cm³/mol. The van der Waals surface area contributed by atoms with Crippen LogP contribution < -0.4 is 0 Å². The molecule has 0 bridgehead atoms. The number of aliphatic hydroxyl groups excluding tert-OH is 2. The van der Waals surface area contributed by atoms with Crippen molar-refractivity contribution in [3.05, 3.63) is 28.8 Å². The molecule has 5 nitrogen and oxygen atoms in total. The third kappa shape index (κ3) is 3.14. The fourth-order valence-corrected chi connectivity index (χ4v) is 4.01. The van der Waals surface area contributed by atoms with Crippen molar-refractivity contribution in [2.24, 2.45) is 0 Å². The molecule has 108 valence electrons. The molecule has 1 aromatic carbocycles. The summed E-state index contributed by atoms with van der Waals surface area (Å²) >= 11 is 6.01. The van der Waals surface area contributed by atoms with Crippen LogP contribution in [0.25, 0.3) is 0 Å². The van der Waals surface area contributed by atoms with Gasteiger partial charge in [0, 0.05) is 18.7 Å². The van der Waals surface area contributed by atoms with E-state index in [1.807, 2.05) is 0 Å². The third-order valence-corrected chi connectivity index (χ3v) is 5.34. The quantitative estimate of drug-likeness (QED) is 0.776. The van der Waals surface area contributed by atoms with E-state index >= 15 is 0 Å². The fraction of sp³-hybridized carbons (Fsp3) is 0.385. The second-order valence-electron chi connectivity index (χ2n) is 4.41. The second kappa shape index (κ2) is 6.12. The van der Waals surface area contributed by atoms with Gasteiger partial charge in [0.05, 0.1) is 11.1 Å². The molecule has 1 unspecified atom stereocenters. The number of hydrogen-bond donors (Lipinski definition) is 2. The van der Waals surface area contributed by atoms with E-state index < -0.39 is 16.1 Å². The standard InChI is InChI=1S/C13H14ClNO4S/c14-12-8-10(2-1-7-16)3-4-13(12)20(18,19)15-6-5-11(17)9-15/h3-4,8,11,16-17H,5-7,9H2. The number of nitrogens with zero attached hydrogens (tertiary/aromatic N) is 1. The van der Waals surface area contributed by atoms with Crippen LogP contribution in [0.15, 0.2) is 23.1 Å². The Balaban J connectivity index is 2.33. The van der Waals surface area contributed by atoms with Crippen LogP contribution in [0.5, 0.6) is 0 Å². The van der Waals surface area contributed by atoms with Gasteiger partial charge in [0.1, 0.15) is 11.5 Å². The highest BCUT2D eigenvalue weighted by molar-refractivity contribution is 7.89. The van der Waals surface area contributed by atoms with Gasteiger partial charge >= 0.3 is 0 Å². The van der Waals surface area contributed by atoms with Crippen LogP contribution in [0.3, 0.4) is 0 Å². The number of β-amino-alcohol motifs (C(OH)–C–C–N with tert-alkyl or cyclic N) is 1. The van der Waals surface area contributed by atoms with Crippen molar-refractivity contribution >= 4 is 21.6 Å². The van der Waals surface area contributed by atoms with Crippen molar-refractivity contribution in [1.82, 2.24) is 4.31 Å². The summed E-state index contributed by atoms with van der Waals surface area (Å²) in [5.41, 5.74) is 0.532. The maximum Gasteiger partial charge on any atom is 0.244 e. The molecule has 1 fully saturated rings. The molecular weight excluding hydrogens is 302 g/mol. The first kappa shape index (κ1) is 15.3. The molecule has 0 saturated carbocycles. The summed E-state index contributed by atoms with van der Waals surface area (Å²) in [5.74, 6) is 5.12. The average Bonchev–Trinajstić information content (AvgIpc) is 2.83. The Bertz CT molecular complexity index is 663. The lowest BCUT2D eigenvalue weighted by molar-refractivity contribution is 0.189. The van der Waals surface area contributed by atoms with Gasteiger partial charge in [0.2, 0.25) is 10.0 Å². The molecule has 20 heavy (non-hydrogen) atoms. The largest absolute Gasteiger partial charge is 0.392 e. The van der Waals surface area contributed by atoms with Crippen LogP contribution in [0.1, 0.15) is 12.0 Å². The molecular formula is C13H14ClNO4S. The molecule has 7 heteroatoms. The molecule has 1 atom stereocenters. The monoisotopic (exact) mass is 315 g/mol. The van der Waals surface area contributed by atoms with Crippen LogP contribution in [-0.4, -0.2) is 48.7 Å². The normalized spacial score (nSPS) is 19.6. The highest BCUT2D eigenvalue weighted by atomic mass is 35.5. The summed E-state index contributed by atoms with van der Waals surface area (Å²) in [6, 6.07) is 4.38. The van der Waals surface area contributed by atoms with Gasteiger partial charge in [-0.2, -0.15) is 4.31 Å². The summed E-state index contributed by atoms with van der Waals surface area (Å²) < 4.78 is 26.0. The minimum Gasteiger partial charge on any atom is -0.392 e. The van der Waals surface area contributed by atoms with Crippen molar-refractivity contribution in [1.29, 1.82) is 0 Å². The number of hydrogen-bond acceptors (Lipinski definition) is 4. The van der Waals surface area contributed by atoms with Gasteiger partial charge in [-0.15, -0.1) is 0 Å². The lowest BCUT2D eigenvalue weighted by atomic mass is 10.2. The lowest BCUT2D eigenvalue weighted by Gasteiger charge is -2.16. The highest BCUT2D eigenvalue weighted by Crippen LogP contribution is 2.27. The van der Waals surface area contributed by atoms with Gasteiger partial charge in [-0.05, 0) is 24.6 Å². The van der Waals surface area contributed by atoms with Crippen LogP contribution >= 0.6 is 11.6 Å². The Hall–Kier alpha value is -1.10. The van der Waals surface area contributed by atoms with Crippen LogP contribution in [0.4, 0.5) is 0 Å². The minimum atomic E-state index is -3.70. The zero-order valence-electron chi connectivity index (χ0n) is 10.6. The SMILES string of the molecule is O=S(=O)(c1ccc(C#CCO)cc1Cl)N1CCC(O)C1. The second-order valence-corrected chi connectivity index (χ2v) is 6.72. The van der Waals surface area contributed by atoms with Crippen molar-refractivity contribution in [3.63, 3.8) is 0 Å². The van der Waals surface area contributed by atoms with Crippen molar-refractivity contribution < 1.29 is 18.6 Å². The molecule has 1 heterocycles. The van der Waals surface area contributed by atoms with Gasteiger partial charge in [0.15, 0.2) is 0 Å². The summed E-state index contributed by atoms with van der Waals surface area (Å²) in [6.45, 7) is 0.0972. The molecule has 1 aliphatic rings. The van der Waals surface area contributed by atoms with Gasteiger partial charge in [-0.3, -0.25) is 0 Å². The average molecular weight is 316 g/mol. The van der Waals surface area contributed by atoms with Gasteiger partial charge in [-0.1, -0.05) is 23.4 Å². The van der Waals surface area contributed by atoms with E-state index in [0.717, 1.165) is 0 Å². The fourth-order valence-electron chi connectivity index (χ4n) is 2.00. The molecule has 1 aromatic rings. The van der Waals surface area contributed by atoms with Crippen LogP contribution in [-0.2, 0) is 10.0 Å². The summed E-state index contributed by atoms with van der Waals surface area (Å²) in [6.07, 6.45) is -0.199. The number of rotatable bonds is 2. The maximum absolute atomic E-state index is 12.4. The Labute approximate surface area is 122 Å². The van der Waals surface area contributed by atoms with E-state index in [9.17, 15) is 13.5 Å². The first-order valence-corrected chi connectivity index (χ1v) is 7.84.